The van der Waals surface area contributed by atoms with E-state index in [1.165, 1.54) is 0 Å². The maximum Gasteiger partial charge on any atom is 0.276 e. The molecule has 0 bridgehead atoms. The van der Waals surface area contributed by atoms with E-state index in [0.717, 1.165) is 11.3 Å². The summed E-state index contributed by atoms with van der Waals surface area (Å²) in [5.74, 6) is 0.203. The number of nitrogens with zero attached hydrogens (tertiary/aromatic N) is 1. The molecule has 1 amide bonds. The van der Waals surface area contributed by atoms with Gasteiger partial charge in [0.2, 0.25) is 11.6 Å². The van der Waals surface area contributed by atoms with Gasteiger partial charge in [0.05, 0.1) is 11.4 Å². The Balaban J connectivity index is 1.72. The van der Waals surface area contributed by atoms with Crippen LogP contribution in [0.2, 0.25) is 5.02 Å². The number of carbonyl (C=O) groups excluding carboxylic acids is 1. The minimum Gasteiger partial charge on any atom is -0.472 e. The van der Waals surface area contributed by atoms with Gasteiger partial charge < -0.3 is 15.4 Å². The summed E-state index contributed by atoms with van der Waals surface area (Å²) in [6, 6.07) is 14.8. The van der Waals surface area contributed by atoms with Gasteiger partial charge in [-0.15, -0.1) is 0 Å². The first kappa shape index (κ1) is 13.2. The van der Waals surface area contributed by atoms with E-state index < -0.39 is 5.66 Å². The second-order valence-electron chi connectivity index (χ2n) is 5.20. The SMILES string of the molecule is O=C1Nc2cc(Cl)ccc2NC12COC(c1ccccc1)=N2. The van der Waals surface area contributed by atoms with Gasteiger partial charge in [-0.1, -0.05) is 29.8 Å². The Labute approximate surface area is 132 Å². The molecule has 2 aromatic rings. The molecule has 6 heteroatoms. The first-order valence-electron chi connectivity index (χ1n) is 6.84. The zero-order valence-electron chi connectivity index (χ0n) is 11.5. The Morgan fingerprint density at radius 1 is 1.14 bits per heavy atom. The lowest BCUT2D eigenvalue weighted by Gasteiger charge is -2.31. The molecule has 2 aromatic carbocycles. The fourth-order valence-corrected chi connectivity index (χ4v) is 2.73. The van der Waals surface area contributed by atoms with Crippen LogP contribution in [0, 0.1) is 0 Å². The van der Waals surface area contributed by atoms with E-state index in [2.05, 4.69) is 15.6 Å². The van der Waals surface area contributed by atoms with Gasteiger partial charge >= 0.3 is 0 Å². The number of carbonyl (C=O) groups is 1. The maximum atomic E-state index is 12.5. The third-order valence-corrected chi connectivity index (χ3v) is 3.91. The van der Waals surface area contributed by atoms with E-state index in [4.69, 9.17) is 16.3 Å². The molecule has 1 spiro atoms. The summed E-state index contributed by atoms with van der Waals surface area (Å²) in [7, 11) is 0. The van der Waals surface area contributed by atoms with Gasteiger partial charge in [-0.2, -0.15) is 0 Å². The van der Waals surface area contributed by atoms with Gasteiger partial charge in [0.25, 0.3) is 5.91 Å². The number of benzene rings is 2. The highest BCUT2D eigenvalue weighted by Crippen LogP contribution is 2.36. The third-order valence-electron chi connectivity index (χ3n) is 3.68. The molecule has 2 N–H and O–H groups in total. The smallest absolute Gasteiger partial charge is 0.276 e. The van der Waals surface area contributed by atoms with Crippen molar-refractivity contribution in [2.45, 2.75) is 5.66 Å². The minimum absolute atomic E-state index is 0.144. The van der Waals surface area contributed by atoms with Crippen molar-refractivity contribution in [1.29, 1.82) is 0 Å². The summed E-state index contributed by atoms with van der Waals surface area (Å²) >= 11 is 5.95. The third kappa shape index (κ3) is 2.02. The van der Waals surface area contributed by atoms with Crippen molar-refractivity contribution in [1.82, 2.24) is 0 Å². The van der Waals surface area contributed by atoms with Gasteiger partial charge in [0.1, 0.15) is 6.61 Å². The molecule has 1 unspecified atom stereocenters. The molecule has 0 aromatic heterocycles. The normalized spacial score (nSPS) is 22.4. The Morgan fingerprint density at radius 3 is 2.77 bits per heavy atom. The molecule has 4 rings (SSSR count). The second-order valence-corrected chi connectivity index (χ2v) is 5.64. The molecule has 0 aliphatic carbocycles. The average molecular weight is 314 g/mol. The predicted molar refractivity (Wildman–Crippen MR) is 85.4 cm³/mol. The molecule has 22 heavy (non-hydrogen) atoms. The topological polar surface area (TPSA) is 62.7 Å². The number of aliphatic imine (C=N–C) groups is 1. The summed E-state index contributed by atoms with van der Waals surface area (Å²) in [6.45, 7) is 0.144. The van der Waals surface area contributed by atoms with Gasteiger partial charge in [-0.3, -0.25) is 4.79 Å². The lowest BCUT2D eigenvalue weighted by Crippen LogP contribution is -2.52. The number of halogens is 1. The molecular weight excluding hydrogens is 302 g/mol. The summed E-state index contributed by atoms with van der Waals surface area (Å²) in [5.41, 5.74) is 1.12. The van der Waals surface area contributed by atoms with Gasteiger partial charge in [-0.05, 0) is 30.3 Å². The first-order chi connectivity index (χ1) is 10.7. The number of amides is 1. The number of hydrogen-bond donors (Lipinski definition) is 2. The molecule has 5 nitrogen and oxygen atoms in total. The highest BCUT2D eigenvalue weighted by molar-refractivity contribution is 6.31. The van der Waals surface area contributed by atoms with E-state index in [1.54, 1.807) is 12.1 Å². The van der Waals surface area contributed by atoms with Crippen molar-refractivity contribution < 1.29 is 9.53 Å². The summed E-state index contributed by atoms with van der Waals surface area (Å²) in [5, 5.41) is 6.56. The average Bonchev–Trinajstić information content (AvgIpc) is 2.95. The zero-order valence-corrected chi connectivity index (χ0v) is 12.2. The summed E-state index contributed by atoms with van der Waals surface area (Å²) in [6.07, 6.45) is 0. The van der Waals surface area contributed by atoms with Crippen LogP contribution in [0.1, 0.15) is 5.56 Å². The van der Waals surface area contributed by atoms with Crippen LogP contribution in [0.4, 0.5) is 11.4 Å². The van der Waals surface area contributed by atoms with Crippen molar-refractivity contribution in [2.24, 2.45) is 4.99 Å². The van der Waals surface area contributed by atoms with Crippen molar-refractivity contribution in [3.63, 3.8) is 0 Å². The second kappa shape index (κ2) is 4.74. The molecule has 110 valence electrons. The number of fused-ring (bicyclic) bond motifs is 1. The fraction of sp³-hybridized carbons (Fsp3) is 0.125. The van der Waals surface area contributed by atoms with Crippen LogP contribution in [0.3, 0.4) is 0 Å². The molecule has 2 heterocycles. The number of rotatable bonds is 1. The van der Waals surface area contributed by atoms with Gasteiger partial charge in [-0.25, -0.2) is 4.99 Å². The lowest BCUT2D eigenvalue weighted by atomic mass is 10.1. The Hall–Kier alpha value is -2.53. The van der Waals surface area contributed by atoms with E-state index in [9.17, 15) is 4.79 Å². The van der Waals surface area contributed by atoms with Crippen molar-refractivity contribution in [2.75, 3.05) is 17.2 Å². The van der Waals surface area contributed by atoms with E-state index in [1.807, 2.05) is 36.4 Å². The van der Waals surface area contributed by atoms with E-state index in [0.29, 0.717) is 16.6 Å². The quantitative estimate of drug-likeness (QED) is 0.851. The van der Waals surface area contributed by atoms with E-state index in [-0.39, 0.29) is 12.5 Å². The molecule has 0 saturated carbocycles. The minimum atomic E-state index is -1.13. The molecule has 2 aliphatic heterocycles. The molecule has 1 atom stereocenters. The molecule has 0 fully saturated rings. The molecule has 0 saturated heterocycles. The molecule has 0 radical (unpaired) electrons. The maximum absolute atomic E-state index is 12.5. The van der Waals surface area contributed by atoms with Crippen molar-refractivity contribution in [3.8, 4) is 0 Å². The van der Waals surface area contributed by atoms with Crippen LogP contribution >= 0.6 is 11.6 Å². The lowest BCUT2D eigenvalue weighted by molar-refractivity contribution is -0.120. The van der Waals surface area contributed by atoms with Crippen LogP contribution in [0.25, 0.3) is 0 Å². The fourth-order valence-electron chi connectivity index (χ4n) is 2.55. The predicted octanol–water partition coefficient (Wildman–Crippen LogP) is 2.88. The van der Waals surface area contributed by atoms with E-state index >= 15 is 0 Å². The zero-order chi connectivity index (χ0) is 15.2. The van der Waals surface area contributed by atoms with Crippen molar-refractivity contribution in [3.05, 3.63) is 59.1 Å². The van der Waals surface area contributed by atoms with Gasteiger partial charge in [0.15, 0.2) is 0 Å². The van der Waals surface area contributed by atoms with Crippen LogP contribution in [0.15, 0.2) is 53.5 Å². The summed E-state index contributed by atoms with van der Waals surface area (Å²) < 4.78 is 5.64. The molecular formula is C16H12ClN3O2. The van der Waals surface area contributed by atoms with Crippen LogP contribution in [0.5, 0.6) is 0 Å². The Morgan fingerprint density at radius 2 is 1.95 bits per heavy atom. The van der Waals surface area contributed by atoms with Crippen LogP contribution in [-0.4, -0.2) is 24.1 Å². The Kier molecular flexibility index (Phi) is 2.84. The summed E-state index contributed by atoms with van der Waals surface area (Å²) in [4.78, 5) is 17.0. The number of ether oxygens (including phenoxy) is 1. The largest absolute Gasteiger partial charge is 0.472 e. The first-order valence-corrected chi connectivity index (χ1v) is 7.21. The highest BCUT2D eigenvalue weighted by Gasteiger charge is 2.47. The van der Waals surface area contributed by atoms with Crippen LogP contribution < -0.4 is 10.6 Å². The standard InChI is InChI=1S/C16H12ClN3O2/c17-11-6-7-12-13(8-11)18-15(21)16(19-12)9-22-14(20-16)10-4-2-1-3-5-10/h1-8,19H,9H2,(H,18,21). The van der Waals surface area contributed by atoms with Crippen molar-refractivity contribution >= 4 is 34.8 Å². The van der Waals surface area contributed by atoms with Gasteiger partial charge in [0, 0.05) is 10.6 Å². The highest BCUT2D eigenvalue weighted by atomic mass is 35.5. The Bertz CT molecular complexity index is 791. The number of anilines is 2. The number of hydrogen-bond acceptors (Lipinski definition) is 4. The van der Waals surface area contributed by atoms with Crippen LogP contribution in [-0.2, 0) is 9.53 Å². The molecule has 2 aliphatic rings. The number of nitrogens with one attached hydrogen (secondary N) is 2. The monoisotopic (exact) mass is 313 g/mol.